The molecule has 122 valence electrons. The maximum absolute atomic E-state index is 12.2. The maximum Gasteiger partial charge on any atom is 0.410 e. The van der Waals surface area contributed by atoms with E-state index in [0.29, 0.717) is 13.1 Å². The summed E-state index contributed by atoms with van der Waals surface area (Å²) in [5.41, 5.74) is 1.26. The van der Waals surface area contributed by atoms with Gasteiger partial charge in [-0.3, -0.25) is 0 Å². The molecular formula is C15H24N4O3. The third-order valence-electron chi connectivity index (χ3n) is 3.31. The predicted molar refractivity (Wildman–Crippen MR) is 81.7 cm³/mol. The molecule has 1 aliphatic rings. The van der Waals surface area contributed by atoms with E-state index in [1.165, 1.54) is 9.58 Å². The van der Waals surface area contributed by atoms with Gasteiger partial charge < -0.3 is 14.5 Å². The van der Waals surface area contributed by atoms with Crippen LogP contribution in [0.5, 0.6) is 0 Å². The van der Waals surface area contributed by atoms with Crippen molar-refractivity contribution in [1.82, 2.24) is 19.6 Å². The van der Waals surface area contributed by atoms with Crippen molar-refractivity contribution in [3.8, 4) is 0 Å². The van der Waals surface area contributed by atoms with Crippen LogP contribution >= 0.6 is 0 Å². The molecule has 7 nitrogen and oxygen atoms in total. The Bertz CT molecular complexity index is 572. The van der Waals surface area contributed by atoms with Crippen molar-refractivity contribution in [3.63, 3.8) is 0 Å². The number of aromatic nitrogens is 2. The van der Waals surface area contributed by atoms with Crippen LogP contribution in [0.2, 0.25) is 0 Å². The third-order valence-corrected chi connectivity index (χ3v) is 3.31. The minimum Gasteiger partial charge on any atom is -0.444 e. The van der Waals surface area contributed by atoms with Gasteiger partial charge in [0, 0.05) is 32.4 Å². The number of amides is 2. The lowest BCUT2D eigenvalue weighted by atomic mass is 10.2. The van der Waals surface area contributed by atoms with Gasteiger partial charge in [0.15, 0.2) is 0 Å². The quantitative estimate of drug-likeness (QED) is 0.736. The molecule has 22 heavy (non-hydrogen) atoms. The monoisotopic (exact) mass is 308 g/mol. The van der Waals surface area contributed by atoms with Gasteiger partial charge in [0.2, 0.25) is 0 Å². The van der Waals surface area contributed by atoms with Crippen molar-refractivity contribution in [1.29, 1.82) is 0 Å². The standard InChI is InChI=1S/C15H24N4O3/c1-15(2,3)22-14(21)18-8-6-7-12-11(9-18)10-19(16-12)13(20)17(4)5/h10H,6-9H2,1-5H3. The van der Waals surface area contributed by atoms with Crippen LogP contribution in [-0.4, -0.2) is 57.9 Å². The van der Waals surface area contributed by atoms with Crippen molar-refractivity contribution >= 4 is 12.1 Å². The summed E-state index contributed by atoms with van der Waals surface area (Å²) in [6.45, 7) is 6.60. The van der Waals surface area contributed by atoms with Crippen LogP contribution in [0, 0.1) is 0 Å². The van der Waals surface area contributed by atoms with Crippen LogP contribution in [0.25, 0.3) is 0 Å². The summed E-state index contributed by atoms with van der Waals surface area (Å²) >= 11 is 0. The van der Waals surface area contributed by atoms with Gasteiger partial charge in [-0.1, -0.05) is 0 Å². The molecular weight excluding hydrogens is 284 g/mol. The largest absolute Gasteiger partial charge is 0.444 e. The fraction of sp³-hybridized carbons (Fsp3) is 0.667. The Kier molecular flexibility index (Phi) is 4.44. The second-order valence-corrected chi connectivity index (χ2v) is 6.73. The average Bonchev–Trinajstić information content (AvgIpc) is 2.67. The number of ether oxygens (including phenoxy) is 1. The molecule has 2 amide bonds. The predicted octanol–water partition coefficient (Wildman–Crippen LogP) is 2.10. The molecule has 1 aromatic rings. The number of hydrogen-bond donors (Lipinski definition) is 0. The lowest BCUT2D eigenvalue weighted by Crippen LogP contribution is -2.36. The Hall–Kier alpha value is -2.05. The third kappa shape index (κ3) is 3.78. The number of nitrogens with zero attached hydrogens (tertiary/aromatic N) is 4. The maximum atomic E-state index is 12.2. The smallest absolute Gasteiger partial charge is 0.410 e. The van der Waals surface area contributed by atoms with Crippen molar-refractivity contribution in [3.05, 3.63) is 17.5 Å². The van der Waals surface area contributed by atoms with Crippen molar-refractivity contribution < 1.29 is 14.3 Å². The Morgan fingerprint density at radius 2 is 2.00 bits per heavy atom. The molecule has 0 atom stereocenters. The molecule has 1 aromatic heterocycles. The summed E-state index contributed by atoms with van der Waals surface area (Å²) in [5.74, 6) is 0. The van der Waals surface area contributed by atoms with Crippen LogP contribution in [0.3, 0.4) is 0 Å². The Balaban J connectivity index is 2.16. The number of carbonyl (C=O) groups excluding carboxylic acids is 2. The molecule has 0 unspecified atom stereocenters. The fourth-order valence-electron chi connectivity index (χ4n) is 2.30. The molecule has 0 saturated carbocycles. The van der Waals surface area contributed by atoms with Crippen LogP contribution in [0.15, 0.2) is 6.20 Å². The number of carbonyl (C=O) groups is 2. The number of aryl methyl sites for hydroxylation is 1. The first kappa shape index (κ1) is 16.3. The summed E-state index contributed by atoms with van der Waals surface area (Å²) in [6, 6.07) is -0.197. The SMILES string of the molecule is CN(C)C(=O)n1cc2c(n1)CCCN(C(=O)OC(C)(C)C)C2. The summed E-state index contributed by atoms with van der Waals surface area (Å²) in [6.07, 6.45) is 2.94. The van der Waals surface area contributed by atoms with E-state index >= 15 is 0 Å². The Morgan fingerprint density at radius 1 is 1.32 bits per heavy atom. The molecule has 0 aliphatic carbocycles. The molecule has 1 aliphatic heterocycles. The van der Waals surface area contributed by atoms with Crippen molar-refractivity contribution in [2.24, 2.45) is 0 Å². The minimum atomic E-state index is -0.517. The summed E-state index contributed by atoms with van der Waals surface area (Å²) in [5, 5.41) is 4.35. The highest BCUT2D eigenvalue weighted by atomic mass is 16.6. The zero-order valence-corrected chi connectivity index (χ0v) is 13.9. The lowest BCUT2D eigenvalue weighted by molar-refractivity contribution is 0.0236. The molecule has 0 bridgehead atoms. The van der Waals surface area contributed by atoms with Crippen LogP contribution < -0.4 is 0 Å². The Labute approximate surface area is 130 Å². The second-order valence-electron chi connectivity index (χ2n) is 6.73. The number of rotatable bonds is 0. The number of fused-ring (bicyclic) bond motifs is 1. The van der Waals surface area contributed by atoms with Gasteiger partial charge in [-0.2, -0.15) is 9.78 Å². The molecule has 0 saturated heterocycles. The van der Waals surface area contributed by atoms with Gasteiger partial charge in [-0.25, -0.2) is 9.59 Å². The fourth-order valence-corrected chi connectivity index (χ4v) is 2.30. The molecule has 7 heteroatoms. The highest BCUT2D eigenvalue weighted by molar-refractivity contribution is 5.75. The summed E-state index contributed by atoms with van der Waals surface area (Å²) in [4.78, 5) is 27.3. The number of hydrogen-bond acceptors (Lipinski definition) is 4. The zero-order chi connectivity index (χ0) is 16.5. The van der Waals surface area contributed by atoms with E-state index in [9.17, 15) is 9.59 Å². The first-order chi connectivity index (χ1) is 10.2. The molecule has 0 radical (unpaired) electrons. The minimum absolute atomic E-state index is 0.197. The van der Waals surface area contributed by atoms with Crippen LogP contribution in [-0.2, 0) is 17.7 Å². The van der Waals surface area contributed by atoms with Gasteiger partial charge in [0.1, 0.15) is 5.60 Å². The van der Waals surface area contributed by atoms with E-state index < -0.39 is 5.60 Å². The highest BCUT2D eigenvalue weighted by Crippen LogP contribution is 2.20. The van der Waals surface area contributed by atoms with Gasteiger partial charge in [0.05, 0.1) is 12.2 Å². The average molecular weight is 308 g/mol. The van der Waals surface area contributed by atoms with E-state index in [2.05, 4.69) is 5.10 Å². The van der Waals surface area contributed by atoms with E-state index in [1.807, 2.05) is 20.8 Å². The zero-order valence-electron chi connectivity index (χ0n) is 13.9. The second kappa shape index (κ2) is 5.98. The summed E-state index contributed by atoms with van der Waals surface area (Å²) < 4.78 is 6.76. The normalized spacial score (nSPS) is 15.0. The molecule has 0 fully saturated rings. The van der Waals surface area contributed by atoms with E-state index in [4.69, 9.17) is 4.74 Å². The molecule has 0 aromatic carbocycles. The van der Waals surface area contributed by atoms with E-state index in [0.717, 1.165) is 24.1 Å². The van der Waals surface area contributed by atoms with Gasteiger partial charge in [-0.15, -0.1) is 0 Å². The van der Waals surface area contributed by atoms with Gasteiger partial charge >= 0.3 is 12.1 Å². The molecule has 0 N–H and O–H groups in total. The van der Waals surface area contributed by atoms with Crippen LogP contribution in [0.4, 0.5) is 9.59 Å². The van der Waals surface area contributed by atoms with Crippen molar-refractivity contribution in [2.75, 3.05) is 20.6 Å². The lowest BCUT2D eigenvalue weighted by Gasteiger charge is -2.26. The molecule has 0 spiro atoms. The van der Waals surface area contributed by atoms with Gasteiger partial charge in [0.25, 0.3) is 0 Å². The Morgan fingerprint density at radius 3 is 2.59 bits per heavy atom. The van der Waals surface area contributed by atoms with E-state index in [-0.39, 0.29) is 12.1 Å². The summed E-state index contributed by atoms with van der Waals surface area (Å²) in [7, 11) is 3.37. The first-order valence-electron chi connectivity index (χ1n) is 7.44. The topological polar surface area (TPSA) is 67.7 Å². The highest BCUT2D eigenvalue weighted by Gasteiger charge is 2.26. The molecule has 2 rings (SSSR count). The van der Waals surface area contributed by atoms with Gasteiger partial charge in [-0.05, 0) is 33.6 Å². The van der Waals surface area contributed by atoms with Crippen molar-refractivity contribution in [2.45, 2.75) is 45.8 Å². The first-order valence-corrected chi connectivity index (χ1v) is 7.44. The van der Waals surface area contributed by atoms with Crippen LogP contribution in [0.1, 0.15) is 38.4 Å². The van der Waals surface area contributed by atoms with E-state index in [1.54, 1.807) is 25.2 Å². The molecule has 2 heterocycles.